The highest BCUT2D eigenvalue weighted by atomic mass is 79.9. The maximum absolute atomic E-state index is 10.4. The van der Waals surface area contributed by atoms with Crippen molar-refractivity contribution in [3.8, 4) is 5.75 Å². The molecule has 2 heterocycles. The van der Waals surface area contributed by atoms with Gasteiger partial charge in [-0.25, -0.2) is 0 Å². The molecule has 1 aromatic carbocycles. The summed E-state index contributed by atoms with van der Waals surface area (Å²) in [7, 11) is 2.06. The average molecular weight is 342 g/mol. The van der Waals surface area contributed by atoms with E-state index in [-0.39, 0.29) is 6.10 Å². The van der Waals surface area contributed by atoms with Crippen LogP contribution in [0.15, 0.2) is 16.6 Å². The van der Waals surface area contributed by atoms with Crippen molar-refractivity contribution in [2.75, 3.05) is 33.4 Å². The molecule has 1 fully saturated rings. The molecule has 0 aliphatic carbocycles. The van der Waals surface area contributed by atoms with Crippen LogP contribution in [0.1, 0.15) is 11.1 Å². The molecule has 5 heteroatoms. The summed E-state index contributed by atoms with van der Waals surface area (Å²) in [6.45, 7) is 3.12. The van der Waals surface area contributed by atoms with Crippen LogP contribution in [-0.2, 0) is 17.6 Å². The number of hydrogen-bond donors (Lipinski definition) is 1. The van der Waals surface area contributed by atoms with Gasteiger partial charge in [0.25, 0.3) is 0 Å². The summed E-state index contributed by atoms with van der Waals surface area (Å²) in [6.07, 6.45) is 0.894. The van der Waals surface area contributed by atoms with Crippen LogP contribution in [0, 0.1) is 0 Å². The Hall–Kier alpha value is -0.620. The molecule has 0 aromatic heterocycles. The second kappa shape index (κ2) is 6.02. The van der Waals surface area contributed by atoms with Crippen molar-refractivity contribution in [1.82, 2.24) is 4.90 Å². The number of halogens is 1. The summed E-state index contributed by atoms with van der Waals surface area (Å²) in [5.41, 5.74) is 2.29. The lowest BCUT2D eigenvalue weighted by atomic mass is 9.99. The molecule has 2 aliphatic rings. The molecule has 20 heavy (non-hydrogen) atoms. The summed E-state index contributed by atoms with van der Waals surface area (Å²) in [5.74, 6) is 0.955. The first-order valence-corrected chi connectivity index (χ1v) is 7.85. The number of benzene rings is 1. The summed E-state index contributed by atoms with van der Waals surface area (Å²) in [4.78, 5) is 2.19. The second-order valence-electron chi connectivity index (χ2n) is 5.59. The number of ether oxygens (including phenoxy) is 2. The zero-order chi connectivity index (χ0) is 14.1. The molecule has 0 amide bonds. The van der Waals surface area contributed by atoms with E-state index in [4.69, 9.17) is 9.47 Å². The highest BCUT2D eigenvalue weighted by Gasteiger charge is 2.27. The van der Waals surface area contributed by atoms with Crippen LogP contribution < -0.4 is 4.74 Å². The molecule has 0 radical (unpaired) electrons. The zero-order valence-corrected chi connectivity index (χ0v) is 13.2. The van der Waals surface area contributed by atoms with Gasteiger partial charge >= 0.3 is 0 Å². The Labute approximate surface area is 127 Å². The smallest absolute Gasteiger partial charge is 0.125 e. The van der Waals surface area contributed by atoms with Crippen molar-refractivity contribution in [2.45, 2.75) is 25.0 Å². The van der Waals surface area contributed by atoms with Crippen molar-refractivity contribution in [2.24, 2.45) is 0 Å². The molecule has 0 bridgehead atoms. The van der Waals surface area contributed by atoms with Gasteiger partial charge in [-0.2, -0.15) is 0 Å². The molecule has 1 aromatic rings. The maximum atomic E-state index is 10.4. The Balaban J connectivity index is 1.74. The number of likely N-dealkylation sites (N-methyl/N-ethyl adjacent to an activating group) is 1. The number of nitrogens with zero attached hydrogens (tertiary/aromatic N) is 1. The van der Waals surface area contributed by atoms with Gasteiger partial charge in [0.05, 0.1) is 25.4 Å². The van der Waals surface area contributed by atoms with Gasteiger partial charge in [-0.3, -0.25) is 0 Å². The van der Waals surface area contributed by atoms with Crippen LogP contribution in [0.25, 0.3) is 0 Å². The fourth-order valence-electron chi connectivity index (χ4n) is 2.90. The Morgan fingerprint density at radius 1 is 1.45 bits per heavy atom. The van der Waals surface area contributed by atoms with Crippen LogP contribution >= 0.6 is 15.9 Å². The van der Waals surface area contributed by atoms with E-state index in [2.05, 4.69) is 33.9 Å². The Morgan fingerprint density at radius 3 is 3.10 bits per heavy atom. The summed E-state index contributed by atoms with van der Waals surface area (Å²) in [5, 5.41) is 10.4. The van der Waals surface area contributed by atoms with E-state index in [1.54, 1.807) is 0 Å². The summed E-state index contributed by atoms with van der Waals surface area (Å²) in [6, 6.07) is 4.14. The fraction of sp³-hybridized carbons (Fsp3) is 0.600. The Kier molecular flexibility index (Phi) is 4.31. The van der Waals surface area contributed by atoms with Gasteiger partial charge in [-0.05, 0) is 30.3 Å². The molecule has 2 unspecified atom stereocenters. The first-order valence-electron chi connectivity index (χ1n) is 7.06. The molecule has 0 saturated carbocycles. The lowest BCUT2D eigenvalue weighted by Gasteiger charge is -2.33. The second-order valence-corrected chi connectivity index (χ2v) is 6.51. The molecule has 4 nitrogen and oxygen atoms in total. The number of aliphatic hydroxyl groups excluding tert-OH is 1. The minimum atomic E-state index is -0.500. The van der Waals surface area contributed by atoms with Gasteiger partial charge in [0.2, 0.25) is 0 Å². The van der Waals surface area contributed by atoms with Crippen molar-refractivity contribution in [3.05, 3.63) is 27.7 Å². The highest BCUT2D eigenvalue weighted by Crippen LogP contribution is 2.34. The van der Waals surface area contributed by atoms with Crippen LogP contribution in [0.4, 0.5) is 0 Å². The SMILES string of the molecule is CN1CCOC(C(O)Cc2cc(Br)cc3c2OCC3)C1. The standard InChI is InChI=1S/C15H20BrNO3/c1-17-3-5-19-14(9-17)13(18)8-11-7-12(16)6-10-2-4-20-15(10)11/h6-7,13-14,18H,2-5,8-9H2,1H3. The van der Waals surface area contributed by atoms with E-state index < -0.39 is 6.10 Å². The molecular formula is C15H20BrNO3. The van der Waals surface area contributed by atoms with Crippen molar-refractivity contribution in [1.29, 1.82) is 0 Å². The van der Waals surface area contributed by atoms with Crippen molar-refractivity contribution in [3.63, 3.8) is 0 Å². The van der Waals surface area contributed by atoms with Gasteiger partial charge in [0, 0.05) is 30.4 Å². The van der Waals surface area contributed by atoms with Gasteiger partial charge in [0.15, 0.2) is 0 Å². The quantitative estimate of drug-likeness (QED) is 0.907. The minimum absolute atomic E-state index is 0.121. The molecule has 1 N–H and O–H groups in total. The van der Waals surface area contributed by atoms with Crippen LogP contribution in [-0.4, -0.2) is 55.6 Å². The third-order valence-corrected chi connectivity index (χ3v) is 4.44. The number of aliphatic hydroxyl groups is 1. The van der Waals surface area contributed by atoms with E-state index in [1.165, 1.54) is 5.56 Å². The van der Waals surface area contributed by atoms with Gasteiger partial charge in [-0.1, -0.05) is 15.9 Å². The predicted molar refractivity (Wildman–Crippen MR) is 80.3 cm³/mol. The summed E-state index contributed by atoms with van der Waals surface area (Å²) < 4.78 is 12.4. The highest BCUT2D eigenvalue weighted by molar-refractivity contribution is 9.10. The molecule has 3 rings (SSSR count). The van der Waals surface area contributed by atoms with Gasteiger partial charge < -0.3 is 19.5 Å². The monoisotopic (exact) mass is 341 g/mol. The van der Waals surface area contributed by atoms with E-state index in [0.29, 0.717) is 13.0 Å². The lowest BCUT2D eigenvalue weighted by Crippen LogP contribution is -2.46. The molecule has 0 spiro atoms. The van der Waals surface area contributed by atoms with Crippen LogP contribution in [0.5, 0.6) is 5.75 Å². The predicted octanol–water partition coefficient (Wildman–Crippen LogP) is 1.62. The van der Waals surface area contributed by atoms with E-state index in [0.717, 1.165) is 41.9 Å². The molecular weight excluding hydrogens is 322 g/mol. The van der Waals surface area contributed by atoms with E-state index in [9.17, 15) is 5.11 Å². The van der Waals surface area contributed by atoms with Gasteiger partial charge in [-0.15, -0.1) is 0 Å². The zero-order valence-electron chi connectivity index (χ0n) is 11.6. The Morgan fingerprint density at radius 2 is 2.30 bits per heavy atom. The van der Waals surface area contributed by atoms with E-state index in [1.807, 2.05) is 6.07 Å². The number of fused-ring (bicyclic) bond motifs is 1. The third kappa shape index (κ3) is 3.01. The molecule has 110 valence electrons. The number of hydrogen-bond acceptors (Lipinski definition) is 4. The lowest BCUT2D eigenvalue weighted by molar-refractivity contribution is -0.0824. The Bertz CT molecular complexity index is 494. The fourth-order valence-corrected chi connectivity index (χ4v) is 3.45. The topological polar surface area (TPSA) is 41.9 Å². The van der Waals surface area contributed by atoms with Crippen molar-refractivity contribution < 1.29 is 14.6 Å². The molecule has 1 saturated heterocycles. The number of rotatable bonds is 3. The largest absolute Gasteiger partial charge is 0.493 e. The van der Waals surface area contributed by atoms with Crippen LogP contribution in [0.2, 0.25) is 0 Å². The normalized spacial score (nSPS) is 24.2. The van der Waals surface area contributed by atoms with Gasteiger partial charge in [0.1, 0.15) is 5.75 Å². The first kappa shape index (κ1) is 14.3. The first-order chi connectivity index (χ1) is 9.63. The van der Waals surface area contributed by atoms with Crippen molar-refractivity contribution >= 4 is 15.9 Å². The maximum Gasteiger partial charge on any atom is 0.125 e. The minimum Gasteiger partial charge on any atom is -0.493 e. The third-order valence-electron chi connectivity index (χ3n) is 3.98. The number of morpholine rings is 1. The van der Waals surface area contributed by atoms with E-state index >= 15 is 0 Å². The molecule has 2 atom stereocenters. The average Bonchev–Trinajstić information content (AvgIpc) is 2.86. The summed E-state index contributed by atoms with van der Waals surface area (Å²) >= 11 is 3.53. The molecule has 2 aliphatic heterocycles. The van der Waals surface area contributed by atoms with Crippen LogP contribution in [0.3, 0.4) is 0 Å².